The number of hydrogen-bond acceptors (Lipinski definition) is 2. The van der Waals surface area contributed by atoms with E-state index < -0.39 is 0 Å². The van der Waals surface area contributed by atoms with Gasteiger partial charge in [0.05, 0.1) is 0 Å². The van der Waals surface area contributed by atoms with Gasteiger partial charge in [-0.25, -0.2) is 0 Å². The van der Waals surface area contributed by atoms with Crippen molar-refractivity contribution in [1.82, 2.24) is 0 Å². The highest BCUT2D eigenvalue weighted by Gasteiger charge is 2.22. The summed E-state index contributed by atoms with van der Waals surface area (Å²) in [6, 6.07) is 27.7. The van der Waals surface area contributed by atoms with Gasteiger partial charge in [0.25, 0.3) is 0 Å². The lowest BCUT2D eigenvalue weighted by Gasteiger charge is -2.07. The smallest absolute Gasteiger partial charge is 0.194 e. The fourth-order valence-corrected chi connectivity index (χ4v) is 5.25. The standard InChI is InChI=1S/C28H14O2/c29-27-19-11-5-3-9-17(19)23-24-18-10-4-6-12-20(18)28(30)26(24)22-14-16-8-2-1-7-15(16)13-21(22)25(23)27/h1-14H. The Morgan fingerprint density at radius 3 is 1.17 bits per heavy atom. The molecule has 0 aliphatic heterocycles. The molecule has 7 aromatic rings. The molecule has 7 aromatic carbocycles. The van der Waals surface area contributed by atoms with Crippen LogP contribution in [0.3, 0.4) is 0 Å². The van der Waals surface area contributed by atoms with Gasteiger partial charge in [0, 0.05) is 32.3 Å². The van der Waals surface area contributed by atoms with E-state index in [9.17, 15) is 9.59 Å². The molecule has 0 aromatic heterocycles. The molecule has 2 nitrogen and oxygen atoms in total. The van der Waals surface area contributed by atoms with E-state index in [0.717, 1.165) is 53.9 Å². The highest BCUT2D eigenvalue weighted by atomic mass is 16.1. The Balaban J connectivity index is 1.98. The first-order chi connectivity index (χ1) is 14.7. The Labute approximate surface area is 170 Å². The second-order valence-electron chi connectivity index (χ2n) is 7.99. The minimum absolute atomic E-state index is 0.0421. The Hall–Kier alpha value is -4.04. The van der Waals surface area contributed by atoms with Crippen molar-refractivity contribution in [1.29, 1.82) is 0 Å². The molecular formula is C28H14O2. The molecule has 0 radical (unpaired) electrons. The van der Waals surface area contributed by atoms with E-state index in [-0.39, 0.29) is 10.9 Å². The van der Waals surface area contributed by atoms with Crippen molar-refractivity contribution < 1.29 is 0 Å². The Bertz CT molecular complexity index is 1790. The molecule has 2 heteroatoms. The second kappa shape index (κ2) is 5.31. The lowest BCUT2D eigenvalue weighted by Crippen LogP contribution is -1.98. The van der Waals surface area contributed by atoms with Gasteiger partial charge in [-0.15, -0.1) is 0 Å². The molecule has 0 fully saturated rings. The van der Waals surface area contributed by atoms with Gasteiger partial charge in [-0.3, -0.25) is 9.59 Å². The van der Waals surface area contributed by atoms with Crippen LogP contribution in [0.1, 0.15) is 0 Å². The lowest BCUT2D eigenvalue weighted by molar-refractivity contribution is 1.79. The quantitative estimate of drug-likeness (QED) is 0.293. The Morgan fingerprint density at radius 2 is 0.733 bits per heavy atom. The molecule has 0 N–H and O–H groups in total. The minimum Gasteiger partial charge on any atom is -0.289 e. The maximum absolute atomic E-state index is 13.5. The average Bonchev–Trinajstić information content (AvgIpc) is 3.25. The largest absolute Gasteiger partial charge is 0.289 e. The fourth-order valence-electron chi connectivity index (χ4n) is 5.25. The van der Waals surface area contributed by atoms with Gasteiger partial charge in [-0.1, -0.05) is 72.8 Å². The van der Waals surface area contributed by atoms with Crippen LogP contribution in [-0.4, -0.2) is 0 Å². The molecule has 0 atom stereocenters. The number of fused-ring (bicyclic) bond motifs is 11. The van der Waals surface area contributed by atoms with Crippen LogP contribution in [0.4, 0.5) is 0 Å². The average molecular weight is 382 g/mol. The van der Waals surface area contributed by atoms with Gasteiger partial charge < -0.3 is 0 Å². The van der Waals surface area contributed by atoms with Crippen LogP contribution in [-0.2, 0) is 0 Å². The molecule has 0 bridgehead atoms. The number of benzene rings is 5. The molecule has 138 valence electrons. The molecule has 0 amide bonds. The van der Waals surface area contributed by atoms with Crippen LogP contribution in [0, 0.1) is 0 Å². The Morgan fingerprint density at radius 1 is 0.367 bits per heavy atom. The van der Waals surface area contributed by atoms with Gasteiger partial charge in [0.2, 0.25) is 0 Å². The van der Waals surface area contributed by atoms with Crippen molar-refractivity contribution in [2.45, 2.75) is 0 Å². The third kappa shape index (κ3) is 1.75. The summed E-state index contributed by atoms with van der Waals surface area (Å²) in [7, 11) is 0. The summed E-state index contributed by atoms with van der Waals surface area (Å²) >= 11 is 0. The molecule has 0 heterocycles. The molecular weight excluding hydrogens is 368 g/mol. The van der Waals surface area contributed by atoms with Gasteiger partial charge in [-0.2, -0.15) is 0 Å². The maximum atomic E-state index is 13.5. The molecule has 0 saturated heterocycles. The van der Waals surface area contributed by atoms with Gasteiger partial charge in [-0.05, 0) is 44.5 Å². The maximum Gasteiger partial charge on any atom is 0.194 e. The second-order valence-corrected chi connectivity index (χ2v) is 7.99. The summed E-state index contributed by atoms with van der Waals surface area (Å²) in [5.74, 6) is 0. The van der Waals surface area contributed by atoms with E-state index in [1.807, 2.05) is 60.7 Å². The van der Waals surface area contributed by atoms with Crippen molar-refractivity contribution in [2.24, 2.45) is 0 Å². The van der Waals surface area contributed by atoms with Gasteiger partial charge in [0.1, 0.15) is 0 Å². The third-order valence-electron chi connectivity index (χ3n) is 6.51. The van der Waals surface area contributed by atoms with Crippen LogP contribution in [0.5, 0.6) is 0 Å². The van der Waals surface area contributed by atoms with Gasteiger partial charge >= 0.3 is 0 Å². The van der Waals surface area contributed by atoms with Crippen molar-refractivity contribution in [3.05, 3.63) is 105 Å². The topological polar surface area (TPSA) is 34.1 Å². The molecule has 0 aliphatic carbocycles. The van der Waals surface area contributed by atoms with E-state index in [1.54, 1.807) is 0 Å². The number of hydrogen-bond donors (Lipinski definition) is 0. The van der Waals surface area contributed by atoms with Crippen molar-refractivity contribution >= 4 is 64.6 Å². The van der Waals surface area contributed by atoms with E-state index >= 15 is 0 Å². The van der Waals surface area contributed by atoms with E-state index in [2.05, 4.69) is 24.3 Å². The summed E-state index contributed by atoms with van der Waals surface area (Å²) in [4.78, 5) is 27.1. The fraction of sp³-hybridized carbons (Fsp3) is 0. The van der Waals surface area contributed by atoms with E-state index in [1.165, 1.54) is 0 Å². The first kappa shape index (κ1) is 15.8. The zero-order valence-electron chi connectivity index (χ0n) is 15.9. The highest BCUT2D eigenvalue weighted by Crippen LogP contribution is 2.41. The molecule has 0 saturated carbocycles. The molecule has 7 rings (SSSR count). The predicted molar refractivity (Wildman–Crippen MR) is 126 cm³/mol. The number of rotatable bonds is 0. The van der Waals surface area contributed by atoms with Crippen LogP contribution >= 0.6 is 0 Å². The summed E-state index contributed by atoms with van der Waals surface area (Å²) in [5, 5.41) is 10.4. The zero-order valence-corrected chi connectivity index (χ0v) is 15.9. The zero-order chi connectivity index (χ0) is 20.0. The van der Waals surface area contributed by atoms with Crippen molar-refractivity contribution in [2.75, 3.05) is 0 Å². The first-order valence-electron chi connectivity index (χ1n) is 10.0. The summed E-state index contributed by atoms with van der Waals surface area (Å²) in [5.41, 5.74) is 0.0843. The van der Waals surface area contributed by atoms with Crippen molar-refractivity contribution in [3.63, 3.8) is 0 Å². The van der Waals surface area contributed by atoms with Crippen LogP contribution in [0.25, 0.3) is 64.6 Å². The van der Waals surface area contributed by atoms with E-state index in [4.69, 9.17) is 0 Å². The minimum atomic E-state index is 0.0421. The van der Waals surface area contributed by atoms with E-state index in [0.29, 0.717) is 10.8 Å². The SMILES string of the molecule is O=c1c2ccccc2c2c1c1cc3ccccc3cc1c1c(=O)c3ccccc3c12. The van der Waals surface area contributed by atoms with Crippen LogP contribution < -0.4 is 10.9 Å². The monoisotopic (exact) mass is 382 g/mol. The molecule has 30 heavy (non-hydrogen) atoms. The lowest BCUT2D eigenvalue weighted by atomic mass is 9.95. The normalized spacial score (nSPS) is 12.3. The third-order valence-corrected chi connectivity index (χ3v) is 6.51. The van der Waals surface area contributed by atoms with Crippen LogP contribution in [0.15, 0.2) is 94.5 Å². The molecule has 0 unspecified atom stereocenters. The Kier molecular flexibility index (Phi) is 2.80. The summed E-state index contributed by atoms with van der Waals surface area (Å²) in [6.07, 6.45) is 0. The summed E-state index contributed by atoms with van der Waals surface area (Å²) in [6.45, 7) is 0. The predicted octanol–water partition coefficient (Wildman–Crippen LogP) is 6.20. The molecule has 0 spiro atoms. The summed E-state index contributed by atoms with van der Waals surface area (Å²) < 4.78 is 0. The van der Waals surface area contributed by atoms with Gasteiger partial charge in [0.15, 0.2) is 10.9 Å². The first-order valence-corrected chi connectivity index (χ1v) is 10.0. The molecule has 0 aliphatic rings. The van der Waals surface area contributed by atoms with Crippen LogP contribution in [0.2, 0.25) is 0 Å². The van der Waals surface area contributed by atoms with Crippen molar-refractivity contribution in [3.8, 4) is 0 Å². The highest BCUT2D eigenvalue weighted by molar-refractivity contribution is 6.39.